The summed E-state index contributed by atoms with van der Waals surface area (Å²) in [6.45, 7) is 11.9. The van der Waals surface area contributed by atoms with Crippen molar-refractivity contribution in [3.63, 3.8) is 0 Å². The summed E-state index contributed by atoms with van der Waals surface area (Å²) in [5.41, 5.74) is -1.10. The van der Waals surface area contributed by atoms with Gasteiger partial charge >= 0.3 is 5.97 Å². The van der Waals surface area contributed by atoms with Gasteiger partial charge in [0.1, 0.15) is 6.10 Å². The Kier molecular flexibility index (Phi) is 4.01. The number of ether oxygens (including phenoxy) is 1. The molecule has 0 aliphatic heterocycles. The molecule has 1 spiro atoms. The molecule has 4 saturated carbocycles. The van der Waals surface area contributed by atoms with Crippen LogP contribution in [0.1, 0.15) is 59.8 Å². The highest BCUT2D eigenvalue weighted by molar-refractivity contribution is 6.04. The molecule has 5 heteroatoms. The molecule has 150 valence electrons. The summed E-state index contributed by atoms with van der Waals surface area (Å²) in [5.74, 6) is -0.570. The zero-order chi connectivity index (χ0) is 19.9. The second kappa shape index (κ2) is 5.66. The van der Waals surface area contributed by atoms with E-state index in [0.29, 0.717) is 12.0 Å². The van der Waals surface area contributed by atoms with Crippen LogP contribution in [0.4, 0.5) is 0 Å². The molecule has 5 nitrogen and oxygen atoms in total. The van der Waals surface area contributed by atoms with E-state index < -0.39 is 17.6 Å². The van der Waals surface area contributed by atoms with Gasteiger partial charge in [-0.1, -0.05) is 27.4 Å². The third kappa shape index (κ3) is 2.13. The summed E-state index contributed by atoms with van der Waals surface area (Å²) in [4.78, 5) is 24.9. The van der Waals surface area contributed by atoms with Crippen molar-refractivity contribution in [2.45, 2.75) is 78.1 Å². The summed E-state index contributed by atoms with van der Waals surface area (Å²) < 4.78 is 5.64. The van der Waals surface area contributed by atoms with Gasteiger partial charge in [0.25, 0.3) is 0 Å². The van der Waals surface area contributed by atoms with Crippen LogP contribution in [-0.4, -0.2) is 40.3 Å². The maximum Gasteiger partial charge on any atom is 0.302 e. The lowest BCUT2D eigenvalue weighted by Crippen LogP contribution is -2.68. The van der Waals surface area contributed by atoms with Crippen LogP contribution in [0, 0.1) is 34.0 Å². The predicted molar refractivity (Wildman–Crippen MR) is 99.6 cm³/mol. The Balaban J connectivity index is 1.79. The van der Waals surface area contributed by atoms with Gasteiger partial charge < -0.3 is 14.9 Å². The summed E-state index contributed by atoms with van der Waals surface area (Å²) in [6.07, 6.45) is 1.68. The topological polar surface area (TPSA) is 83.8 Å². The van der Waals surface area contributed by atoms with Crippen LogP contribution in [0.2, 0.25) is 0 Å². The highest BCUT2D eigenvalue weighted by atomic mass is 16.5. The molecule has 0 aromatic carbocycles. The van der Waals surface area contributed by atoms with Gasteiger partial charge in [-0.25, -0.2) is 0 Å². The van der Waals surface area contributed by atoms with Crippen LogP contribution < -0.4 is 0 Å². The van der Waals surface area contributed by atoms with Gasteiger partial charge in [-0.3, -0.25) is 9.59 Å². The number of rotatable bonds is 1. The van der Waals surface area contributed by atoms with Crippen molar-refractivity contribution in [2.24, 2.45) is 34.0 Å². The van der Waals surface area contributed by atoms with Gasteiger partial charge in [-0.05, 0) is 54.9 Å². The lowest BCUT2D eigenvalue weighted by molar-refractivity contribution is -0.242. The Morgan fingerprint density at radius 3 is 2.44 bits per heavy atom. The predicted octanol–water partition coefficient (Wildman–Crippen LogP) is 2.64. The first-order valence-corrected chi connectivity index (χ1v) is 10.3. The summed E-state index contributed by atoms with van der Waals surface area (Å²) in [7, 11) is 0. The monoisotopic (exact) mass is 376 g/mol. The van der Waals surface area contributed by atoms with E-state index in [9.17, 15) is 19.8 Å². The van der Waals surface area contributed by atoms with Gasteiger partial charge in [-0.2, -0.15) is 0 Å². The fourth-order valence-corrected chi connectivity index (χ4v) is 7.72. The Morgan fingerprint density at radius 2 is 1.81 bits per heavy atom. The minimum atomic E-state index is -1.10. The standard InChI is InChI=1S/C22H32O5/c1-11-13-6-7-14-21(5)9-8-17(27-12(2)23)20(3,4)15(21)10-16(24)22(14,18(11)25)19(13)26/h13-17,19,24,26H,1,6-10H2,2-5H3/t13?,14?,15?,16-,17+,19?,21+,22?/m1/s1. The van der Waals surface area contributed by atoms with Crippen LogP contribution in [-0.2, 0) is 14.3 Å². The number of esters is 1. The number of aliphatic hydroxyl groups excluding tert-OH is 2. The first kappa shape index (κ1) is 19.1. The first-order chi connectivity index (χ1) is 12.5. The Bertz CT molecular complexity index is 711. The maximum absolute atomic E-state index is 13.3. The van der Waals surface area contributed by atoms with E-state index in [-0.39, 0.29) is 46.4 Å². The molecule has 5 unspecified atom stereocenters. The third-order valence-electron chi connectivity index (χ3n) is 8.93. The normalized spacial score (nSPS) is 50.7. The molecular weight excluding hydrogens is 344 g/mol. The second-order valence-corrected chi connectivity index (χ2v) is 10.2. The van der Waals surface area contributed by atoms with Crippen LogP contribution in [0.15, 0.2) is 12.2 Å². The smallest absolute Gasteiger partial charge is 0.302 e. The molecule has 8 atom stereocenters. The summed E-state index contributed by atoms with van der Waals surface area (Å²) in [5, 5.41) is 22.4. The number of ketones is 1. The van der Waals surface area contributed by atoms with Crippen molar-refractivity contribution in [1.82, 2.24) is 0 Å². The highest BCUT2D eigenvalue weighted by Gasteiger charge is 2.74. The second-order valence-electron chi connectivity index (χ2n) is 10.2. The largest absolute Gasteiger partial charge is 0.462 e. The Morgan fingerprint density at radius 1 is 1.15 bits per heavy atom. The summed E-state index contributed by atoms with van der Waals surface area (Å²) in [6, 6.07) is 0. The van der Waals surface area contributed by atoms with Crippen molar-refractivity contribution < 1.29 is 24.5 Å². The van der Waals surface area contributed by atoms with Crippen molar-refractivity contribution in [3.05, 3.63) is 12.2 Å². The fourth-order valence-electron chi connectivity index (χ4n) is 7.72. The zero-order valence-corrected chi connectivity index (χ0v) is 16.8. The molecule has 4 fully saturated rings. The number of carbonyl (C=O) groups excluding carboxylic acids is 2. The fraction of sp³-hybridized carbons (Fsp3) is 0.818. The molecule has 4 aliphatic rings. The minimum Gasteiger partial charge on any atom is -0.462 e. The number of hydrogen-bond acceptors (Lipinski definition) is 5. The number of Topliss-reactive ketones (excluding diaryl/α,β-unsaturated/α-hetero) is 1. The number of hydrogen-bond donors (Lipinski definition) is 2. The van der Waals surface area contributed by atoms with Gasteiger partial charge in [0, 0.05) is 18.3 Å². The average molecular weight is 376 g/mol. The molecule has 0 aromatic rings. The molecule has 2 N–H and O–H groups in total. The molecule has 4 aliphatic carbocycles. The molecule has 0 amide bonds. The van der Waals surface area contributed by atoms with E-state index in [1.807, 2.05) is 0 Å². The average Bonchev–Trinajstić information content (AvgIpc) is 2.69. The van der Waals surface area contributed by atoms with Crippen LogP contribution in [0.25, 0.3) is 0 Å². The molecule has 0 heterocycles. The van der Waals surface area contributed by atoms with Crippen molar-refractivity contribution in [2.75, 3.05) is 0 Å². The lowest BCUT2D eigenvalue weighted by Gasteiger charge is -2.66. The van der Waals surface area contributed by atoms with Gasteiger partial charge in [0.05, 0.1) is 17.6 Å². The zero-order valence-electron chi connectivity index (χ0n) is 16.8. The maximum atomic E-state index is 13.3. The van der Waals surface area contributed by atoms with Crippen molar-refractivity contribution in [1.29, 1.82) is 0 Å². The van der Waals surface area contributed by atoms with Gasteiger partial charge in [0.2, 0.25) is 0 Å². The molecule has 2 bridgehead atoms. The van der Waals surface area contributed by atoms with E-state index >= 15 is 0 Å². The molecular formula is C22H32O5. The van der Waals surface area contributed by atoms with Crippen LogP contribution in [0.5, 0.6) is 0 Å². The molecule has 0 aromatic heterocycles. The van der Waals surface area contributed by atoms with Crippen molar-refractivity contribution in [3.8, 4) is 0 Å². The molecule has 0 radical (unpaired) electrons. The third-order valence-corrected chi connectivity index (χ3v) is 8.93. The molecule has 4 rings (SSSR count). The van der Waals surface area contributed by atoms with E-state index in [1.54, 1.807) is 0 Å². The molecule has 0 saturated heterocycles. The van der Waals surface area contributed by atoms with Crippen molar-refractivity contribution >= 4 is 11.8 Å². The van der Waals surface area contributed by atoms with Gasteiger partial charge in [-0.15, -0.1) is 0 Å². The highest BCUT2D eigenvalue weighted by Crippen LogP contribution is 2.71. The van der Waals surface area contributed by atoms with Crippen LogP contribution in [0.3, 0.4) is 0 Å². The number of aliphatic hydroxyl groups is 2. The van der Waals surface area contributed by atoms with Gasteiger partial charge in [0.15, 0.2) is 5.78 Å². The number of carbonyl (C=O) groups is 2. The Labute approximate surface area is 161 Å². The summed E-state index contributed by atoms with van der Waals surface area (Å²) >= 11 is 0. The minimum absolute atomic E-state index is 0.0747. The molecule has 27 heavy (non-hydrogen) atoms. The van der Waals surface area contributed by atoms with E-state index in [4.69, 9.17) is 4.74 Å². The van der Waals surface area contributed by atoms with E-state index in [0.717, 1.165) is 25.7 Å². The van der Waals surface area contributed by atoms with Crippen LogP contribution >= 0.6 is 0 Å². The Hall–Kier alpha value is -1.20. The van der Waals surface area contributed by atoms with E-state index in [2.05, 4.69) is 27.4 Å². The lowest BCUT2D eigenvalue weighted by atomic mass is 9.39. The SMILES string of the molecule is C=C1C(=O)C23C(O)C1CCC2[C@]1(C)CC[C@H](OC(C)=O)C(C)(C)C1C[C@H]3O. The first-order valence-electron chi connectivity index (χ1n) is 10.3. The number of fused-ring (bicyclic) bond motifs is 3. The quantitative estimate of drug-likeness (QED) is 0.543. The van der Waals surface area contributed by atoms with E-state index in [1.165, 1.54) is 6.92 Å².